The Morgan fingerprint density at radius 3 is 2.43 bits per heavy atom. The third-order valence-electron chi connectivity index (χ3n) is 3.44. The molecule has 1 unspecified atom stereocenters. The predicted octanol–water partition coefficient (Wildman–Crippen LogP) is 2.70. The summed E-state index contributed by atoms with van der Waals surface area (Å²) < 4.78 is 24.8. The minimum Gasteiger partial charge on any atom is -0.493 e. The number of nitrogens with one attached hydrogen (secondary N) is 1. The lowest BCUT2D eigenvalue weighted by atomic mass is 9.97. The molecule has 112 valence electrons. The number of nitrogens with two attached hydrogens (primary N) is 1. The number of hydrazine groups is 1. The van der Waals surface area contributed by atoms with E-state index in [1.807, 2.05) is 6.07 Å². The molecule has 0 heterocycles. The van der Waals surface area contributed by atoms with Gasteiger partial charge in [-0.05, 0) is 30.2 Å². The lowest BCUT2D eigenvalue weighted by molar-refractivity contribution is 0.354. The lowest BCUT2D eigenvalue weighted by Crippen LogP contribution is -2.29. The number of rotatable bonds is 5. The van der Waals surface area contributed by atoms with Crippen LogP contribution in [-0.4, -0.2) is 14.2 Å². The van der Waals surface area contributed by atoms with Crippen molar-refractivity contribution in [2.24, 2.45) is 5.84 Å². The molecule has 0 aliphatic carbocycles. The zero-order valence-electron chi connectivity index (χ0n) is 12.3. The van der Waals surface area contributed by atoms with Crippen molar-refractivity contribution in [3.05, 3.63) is 58.9 Å². The van der Waals surface area contributed by atoms with E-state index >= 15 is 0 Å². The highest BCUT2D eigenvalue weighted by Crippen LogP contribution is 2.33. The van der Waals surface area contributed by atoms with Crippen molar-refractivity contribution in [3.63, 3.8) is 0 Å². The standard InChI is InChI=1S/C16H19FN2O2/c1-10-5-4-6-12(15(10)17)16(19-18)11-7-8-13(20-2)14(9-11)21-3/h4-9,16,19H,18H2,1-3H3. The van der Waals surface area contributed by atoms with Gasteiger partial charge in [0.2, 0.25) is 0 Å². The Labute approximate surface area is 123 Å². The Morgan fingerprint density at radius 2 is 1.81 bits per heavy atom. The zero-order chi connectivity index (χ0) is 15.4. The maximum atomic E-state index is 14.3. The smallest absolute Gasteiger partial charge is 0.161 e. The molecule has 0 saturated carbocycles. The summed E-state index contributed by atoms with van der Waals surface area (Å²) in [6, 6.07) is 10.2. The van der Waals surface area contributed by atoms with Crippen LogP contribution in [0.25, 0.3) is 0 Å². The van der Waals surface area contributed by atoms with E-state index in [4.69, 9.17) is 15.3 Å². The highest BCUT2D eigenvalue weighted by Gasteiger charge is 2.19. The summed E-state index contributed by atoms with van der Waals surface area (Å²) in [6.07, 6.45) is 0. The van der Waals surface area contributed by atoms with Crippen molar-refractivity contribution in [3.8, 4) is 11.5 Å². The molecule has 2 aromatic carbocycles. The number of benzene rings is 2. The first-order valence-electron chi connectivity index (χ1n) is 6.55. The van der Waals surface area contributed by atoms with Gasteiger partial charge < -0.3 is 9.47 Å². The minimum absolute atomic E-state index is 0.268. The summed E-state index contributed by atoms with van der Waals surface area (Å²) in [5, 5.41) is 0. The van der Waals surface area contributed by atoms with Crippen LogP contribution in [-0.2, 0) is 0 Å². The highest BCUT2D eigenvalue weighted by atomic mass is 19.1. The number of aryl methyl sites for hydroxylation is 1. The summed E-state index contributed by atoms with van der Waals surface area (Å²) in [5.74, 6) is 6.55. The summed E-state index contributed by atoms with van der Waals surface area (Å²) in [7, 11) is 3.12. The van der Waals surface area contributed by atoms with Gasteiger partial charge in [-0.25, -0.2) is 9.82 Å². The summed E-state index contributed by atoms with van der Waals surface area (Å²) in [5.41, 5.74) is 4.51. The number of ether oxygens (including phenoxy) is 2. The first kappa shape index (κ1) is 15.3. The van der Waals surface area contributed by atoms with E-state index in [1.54, 1.807) is 51.5 Å². The second-order valence-electron chi connectivity index (χ2n) is 4.69. The van der Waals surface area contributed by atoms with Crippen LogP contribution in [0, 0.1) is 12.7 Å². The molecule has 2 rings (SSSR count). The first-order chi connectivity index (χ1) is 10.1. The topological polar surface area (TPSA) is 56.5 Å². The quantitative estimate of drug-likeness (QED) is 0.656. The average Bonchev–Trinajstić information content (AvgIpc) is 2.51. The fraction of sp³-hybridized carbons (Fsp3) is 0.250. The van der Waals surface area contributed by atoms with E-state index < -0.39 is 6.04 Å². The molecular formula is C16H19FN2O2. The molecule has 0 aromatic heterocycles. The number of halogens is 1. The molecule has 0 aliphatic rings. The molecular weight excluding hydrogens is 271 g/mol. The summed E-state index contributed by atoms with van der Waals surface area (Å²) in [4.78, 5) is 0. The SMILES string of the molecule is COc1ccc(C(NN)c2cccc(C)c2F)cc1OC. The van der Waals surface area contributed by atoms with E-state index in [0.717, 1.165) is 5.56 Å². The largest absolute Gasteiger partial charge is 0.493 e. The monoisotopic (exact) mass is 290 g/mol. The van der Waals surface area contributed by atoms with Crippen molar-refractivity contribution in [2.75, 3.05) is 14.2 Å². The van der Waals surface area contributed by atoms with Crippen molar-refractivity contribution in [2.45, 2.75) is 13.0 Å². The Morgan fingerprint density at radius 1 is 1.10 bits per heavy atom. The van der Waals surface area contributed by atoms with Gasteiger partial charge in [-0.2, -0.15) is 0 Å². The van der Waals surface area contributed by atoms with Gasteiger partial charge in [0.05, 0.1) is 20.3 Å². The predicted molar refractivity (Wildman–Crippen MR) is 79.8 cm³/mol. The van der Waals surface area contributed by atoms with E-state index in [0.29, 0.717) is 22.6 Å². The Bertz CT molecular complexity index is 632. The first-order valence-corrected chi connectivity index (χ1v) is 6.55. The van der Waals surface area contributed by atoms with E-state index in [1.165, 1.54) is 0 Å². The van der Waals surface area contributed by atoms with Crippen LogP contribution in [0.4, 0.5) is 4.39 Å². The van der Waals surface area contributed by atoms with Crippen LogP contribution in [0.1, 0.15) is 22.7 Å². The van der Waals surface area contributed by atoms with E-state index in [-0.39, 0.29) is 5.82 Å². The highest BCUT2D eigenvalue weighted by molar-refractivity contribution is 5.46. The Hall–Kier alpha value is -2.11. The maximum absolute atomic E-state index is 14.3. The molecule has 21 heavy (non-hydrogen) atoms. The molecule has 0 aliphatic heterocycles. The third-order valence-corrected chi connectivity index (χ3v) is 3.44. The molecule has 0 bridgehead atoms. The van der Waals surface area contributed by atoms with Crippen LogP contribution >= 0.6 is 0 Å². The van der Waals surface area contributed by atoms with Crippen molar-refractivity contribution < 1.29 is 13.9 Å². The molecule has 3 N–H and O–H groups in total. The third kappa shape index (κ3) is 2.99. The zero-order valence-corrected chi connectivity index (χ0v) is 12.3. The lowest BCUT2D eigenvalue weighted by Gasteiger charge is -2.19. The maximum Gasteiger partial charge on any atom is 0.161 e. The number of hydrogen-bond acceptors (Lipinski definition) is 4. The van der Waals surface area contributed by atoms with Gasteiger partial charge in [-0.3, -0.25) is 5.84 Å². The molecule has 0 fully saturated rings. The molecule has 0 amide bonds. The summed E-state index contributed by atoms with van der Waals surface area (Å²) >= 11 is 0. The second-order valence-corrected chi connectivity index (χ2v) is 4.69. The van der Waals surface area contributed by atoms with Crippen molar-refractivity contribution >= 4 is 0 Å². The molecule has 1 atom stereocenters. The van der Waals surface area contributed by atoms with Gasteiger partial charge in [0.25, 0.3) is 0 Å². The van der Waals surface area contributed by atoms with Gasteiger partial charge in [0.1, 0.15) is 5.82 Å². The molecule has 0 saturated heterocycles. The van der Waals surface area contributed by atoms with Gasteiger partial charge in [0.15, 0.2) is 11.5 Å². The average molecular weight is 290 g/mol. The van der Waals surface area contributed by atoms with Gasteiger partial charge in [-0.15, -0.1) is 0 Å². The van der Waals surface area contributed by atoms with Crippen molar-refractivity contribution in [1.29, 1.82) is 0 Å². The van der Waals surface area contributed by atoms with Crippen LogP contribution in [0.2, 0.25) is 0 Å². The van der Waals surface area contributed by atoms with Crippen LogP contribution in [0.5, 0.6) is 11.5 Å². The van der Waals surface area contributed by atoms with E-state index in [9.17, 15) is 4.39 Å². The fourth-order valence-corrected chi connectivity index (χ4v) is 2.29. The Kier molecular flexibility index (Phi) is 4.77. The van der Waals surface area contributed by atoms with Crippen LogP contribution in [0.3, 0.4) is 0 Å². The number of hydrogen-bond donors (Lipinski definition) is 2. The molecule has 0 spiro atoms. The van der Waals surface area contributed by atoms with Gasteiger partial charge in [0, 0.05) is 5.56 Å². The fourth-order valence-electron chi connectivity index (χ4n) is 2.29. The van der Waals surface area contributed by atoms with E-state index in [2.05, 4.69) is 5.43 Å². The summed E-state index contributed by atoms with van der Waals surface area (Å²) in [6.45, 7) is 1.72. The molecule has 2 aromatic rings. The Balaban J connectivity index is 2.49. The molecule has 4 nitrogen and oxygen atoms in total. The number of methoxy groups -OCH3 is 2. The minimum atomic E-state index is -0.468. The van der Waals surface area contributed by atoms with Crippen molar-refractivity contribution in [1.82, 2.24) is 5.43 Å². The van der Waals surface area contributed by atoms with Crippen LogP contribution in [0.15, 0.2) is 36.4 Å². The normalized spacial score (nSPS) is 12.0. The molecule has 0 radical (unpaired) electrons. The van der Waals surface area contributed by atoms with Crippen LogP contribution < -0.4 is 20.7 Å². The van der Waals surface area contributed by atoms with Gasteiger partial charge in [-0.1, -0.05) is 24.3 Å². The molecule has 5 heteroatoms. The second kappa shape index (κ2) is 6.56. The van der Waals surface area contributed by atoms with Gasteiger partial charge >= 0.3 is 0 Å².